The van der Waals surface area contributed by atoms with Crippen LogP contribution in [0.3, 0.4) is 0 Å². The molecule has 0 aliphatic heterocycles. The van der Waals surface area contributed by atoms with E-state index in [-0.39, 0.29) is 0 Å². The summed E-state index contributed by atoms with van der Waals surface area (Å²) in [5.41, 5.74) is 2.67. The minimum Gasteiger partial charge on any atom is -0.553 e. The van der Waals surface area contributed by atoms with Crippen molar-refractivity contribution in [3.8, 4) is 0 Å². The fourth-order valence-corrected chi connectivity index (χ4v) is 1.83. The number of fused-ring (bicyclic) bond motifs is 1. The molecule has 0 atom stereocenters. The highest BCUT2D eigenvalue weighted by Crippen LogP contribution is 2.26. The second kappa shape index (κ2) is 2.55. The van der Waals surface area contributed by atoms with E-state index in [1.54, 1.807) is 0 Å². The molecule has 0 saturated heterocycles. The Hall–Kier alpha value is -1.02. The lowest BCUT2D eigenvalue weighted by atomic mass is 10.1. The first kappa shape index (κ1) is 6.67. The Morgan fingerprint density at radius 1 is 1.27 bits per heavy atom. The predicted octanol–water partition coefficient (Wildman–Crippen LogP) is 0.881. The van der Waals surface area contributed by atoms with E-state index >= 15 is 0 Å². The standard InChI is InChI=1S/C9H10OSi/c11-10-9-6-5-7-3-1-2-4-8(7)9/h1-4,6H,5H2,11H3. The van der Waals surface area contributed by atoms with Gasteiger partial charge in [-0.1, -0.05) is 24.3 Å². The van der Waals surface area contributed by atoms with E-state index in [1.165, 1.54) is 11.1 Å². The van der Waals surface area contributed by atoms with Gasteiger partial charge in [0.1, 0.15) is 5.76 Å². The summed E-state index contributed by atoms with van der Waals surface area (Å²) in [6.07, 6.45) is 3.19. The lowest BCUT2D eigenvalue weighted by Crippen LogP contribution is -1.85. The summed E-state index contributed by atoms with van der Waals surface area (Å²) in [4.78, 5) is 0. The van der Waals surface area contributed by atoms with Crippen LogP contribution in [0.5, 0.6) is 0 Å². The van der Waals surface area contributed by atoms with Gasteiger partial charge in [0.25, 0.3) is 0 Å². The average Bonchev–Trinajstić information content (AvgIpc) is 2.47. The molecule has 1 aliphatic rings. The number of allylic oxidation sites excluding steroid dienone is 1. The molecular weight excluding hydrogens is 152 g/mol. The van der Waals surface area contributed by atoms with Crippen LogP contribution < -0.4 is 0 Å². The molecule has 0 spiro atoms. The largest absolute Gasteiger partial charge is 0.553 e. The molecule has 0 saturated carbocycles. The van der Waals surface area contributed by atoms with Gasteiger partial charge >= 0.3 is 0 Å². The Bertz CT molecular complexity index is 304. The summed E-state index contributed by atoms with van der Waals surface area (Å²) in [6.45, 7) is 0. The molecular formula is C9H10OSi. The van der Waals surface area contributed by atoms with E-state index in [9.17, 15) is 0 Å². The molecule has 0 heterocycles. The molecule has 1 nitrogen and oxygen atoms in total. The third-order valence-electron chi connectivity index (χ3n) is 2.01. The first-order chi connectivity index (χ1) is 5.42. The smallest absolute Gasteiger partial charge is 0.204 e. The van der Waals surface area contributed by atoms with Crippen molar-refractivity contribution in [3.05, 3.63) is 41.5 Å². The highest BCUT2D eigenvalue weighted by atomic mass is 28.2. The Labute approximate surface area is 69.2 Å². The SMILES string of the molecule is [SiH3]OC1=CCc2ccccc21. The molecule has 0 amide bonds. The van der Waals surface area contributed by atoms with Gasteiger partial charge < -0.3 is 4.43 Å². The minimum atomic E-state index is 0.782. The summed E-state index contributed by atoms with van der Waals surface area (Å²) in [6, 6.07) is 8.40. The molecule has 0 unspecified atom stereocenters. The first-order valence-electron chi connectivity index (χ1n) is 3.74. The van der Waals surface area contributed by atoms with Crippen LogP contribution in [0.15, 0.2) is 30.3 Å². The van der Waals surface area contributed by atoms with Crippen molar-refractivity contribution < 1.29 is 4.43 Å². The molecule has 1 aromatic rings. The molecule has 11 heavy (non-hydrogen) atoms. The second-order valence-corrected chi connectivity index (χ2v) is 3.04. The molecule has 0 fully saturated rings. The van der Waals surface area contributed by atoms with Gasteiger partial charge in [0.05, 0.1) is 0 Å². The first-order valence-corrected chi connectivity index (χ1v) is 4.56. The van der Waals surface area contributed by atoms with Gasteiger partial charge in [-0.3, -0.25) is 0 Å². The number of hydrogen-bond donors (Lipinski definition) is 0. The predicted molar refractivity (Wildman–Crippen MR) is 49.1 cm³/mol. The van der Waals surface area contributed by atoms with Crippen molar-refractivity contribution in [3.63, 3.8) is 0 Å². The average molecular weight is 162 g/mol. The fraction of sp³-hybridized carbons (Fsp3) is 0.111. The van der Waals surface area contributed by atoms with Crippen LogP contribution in [0.1, 0.15) is 11.1 Å². The lowest BCUT2D eigenvalue weighted by Gasteiger charge is -2.03. The zero-order valence-electron chi connectivity index (χ0n) is 6.50. The van der Waals surface area contributed by atoms with Crippen LogP contribution in [0.25, 0.3) is 5.76 Å². The molecule has 1 aliphatic carbocycles. The van der Waals surface area contributed by atoms with Crippen molar-refractivity contribution in [2.75, 3.05) is 0 Å². The zero-order chi connectivity index (χ0) is 7.68. The maximum absolute atomic E-state index is 5.34. The summed E-state index contributed by atoms with van der Waals surface area (Å²) in [5, 5.41) is 0. The van der Waals surface area contributed by atoms with Crippen molar-refractivity contribution in [1.82, 2.24) is 0 Å². The molecule has 2 heteroatoms. The second-order valence-electron chi connectivity index (χ2n) is 2.63. The number of rotatable bonds is 1. The summed E-state index contributed by atoms with van der Waals surface area (Å²) in [5.74, 6) is 1.08. The van der Waals surface area contributed by atoms with Gasteiger partial charge in [0, 0.05) is 5.56 Å². The maximum Gasteiger partial charge on any atom is 0.204 e. The van der Waals surface area contributed by atoms with Gasteiger partial charge in [-0.2, -0.15) is 0 Å². The molecule has 0 bridgehead atoms. The Morgan fingerprint density at radius 3 is 2.91 bits per heavy atom. The van der Waals surface area contributed by atoms with Gasteiger partial charge in [-0.25, -0.2) is 0 Å². The topological polar surface area (TPSA) is 9.23 Å². The van der Waals surface area contributed by atoms with E-state index in [2.05, 4.69) is 30.3 Å². The van der Waals surface area contributed by atoms with E-state index in [0.717, 1.165) is 22.7 Å². The third-order valence-corrected chi connectivity index (χ3v) is 2.45. The van der Waals surface area contributed by atoms with Crippen LogP contribution >= 0.6 is 0 Å². The van der Waals surface area contributed by atoms with E-state index in [1.807, 2.05) is 0 Å². The fourth-order valence-electron chi connectivity index (χ4n) is 1.44. The van der Waals surface area contributed by atoms with Crippen LogP contribution in [-0.4, -0.2) is 10.5 Å². The van der Waals surface area contributed by atoms with Crippen LogP contribution in [0, 0.1) is 0 Å². The zero-order valence-corrected chi connectivity index (χ0v) is 8.50. The number of benzene rings is 1. The molecule has 0 aromatic heterocycles. The molecule has 0 N–H and O–H groups in total. The van der Waals surface area contributed by atoms with Crippen LogP contribution in [-0.2, 0) is 10.8 Å². The molecule has 0 radical (unpaired) electrons. The van der Waals surface area contributed by atoms with E-state index < -0.39 is 0 Å². The highest BCUT2D eigenvalue weighted by molar-refractivity contribution is 6.02. The quantitative estimate of drug-likeness (QED) is 0.557. The highest BCUT2D eigenvalue weighted by Gasteiger charge is 2.11. The Balaban J connectivity index is 2.48. The number of hydrogen-bond acceptors (Lipinski definition) is 1. The Kier molecular flexibility index (Phi) is 1.54. The lowest BCUT2D eigenvalue weighted by molar-refractivity contribution is 0.574. The summed E-state index contributed by atoms with van der Waals surface area (Å²) >= 11 is 0. The van der Waals surface area contributed by atoms with Crippen molar-refractivity contribution in [2.24, 2.45) is 0 Å². The van der Waals surface area contributed by atoms with Crippen LogP contribution in [0.4, 0.5) is 0 Å². The molecule has 2 rings (SSSR count). The Morgan fingerprint density at radius 2 is 2.09 bits per heavy atom. The van der Waals surface area contributed by atoms with E-state index in [4.69, 9.17) is 4.43 Å². The van der Waals surface area contributed by atoms with Gasteiger partial charge in [-0.15, -0.1) is 0 Å². The van der Waals surface area contributed by atoms with E-state index in [0.29, 0.717) is 0 Å². The summed E-state index contributed by atoms with van der Waals surface area (Å²) in [7, 11) is 0.782. The summed E-state index contributed by atoms with van der Waals surface area (Å²) < 4.78 is 5.34. The molecule has 56 valence electrons. The van der Waals surface area contributed by atoms with Gasteiger partial charge in [0.15, 0.2) is 0 Å². The van der Waals surface area contributed by atoms with Crippen LogP contribution in [0.2, 0.25) is 0 Å². The third kappa shape index (κ3) is 0.993. The van der Waals surface area contributed by atoms with Crippen molar-refractivity contribution in [1.29, 1.82) is 0 Å². The van der Waals surface area contributed by atoms with Gasteiger partial charge in [0.2, 0.25) is 10.5 Å². The minimum absolute atomic E-state index is 0.782. The molecule has 1 aromatic carbocycles. The van der Waals surface area contributed by atoms with Crippen molar-refractivity contribution in [2.45, 2.75) is 6.42 Å². The maximum atomic E-state index is 5.34. The van der Waals surface area contributed by atoms with Gasteiger partial charge in [-0.05, 0) is 18.1 Å². The van der Waals surface area contributed by atoms with Crippen molar-refractivity contribution >= 4 is 16.2 Å². The monoisotopic (exact) mass is 162 g/mol. The normalized spacial score (nSPS) is 14.4.